The van der Waals surface area contributed by atoms with Crippen molar-refractivity contribution in [3.8, 4) is 0 Å². The van der Waals surface area contributed by atoms with Gasteiger partial charge < -0.3 is 16.0 Å². The van der Waals surface area contributed by atoms with Crippen LogP contribution in [-0.2, 0) is 19.4 Å². The SMILES string of the molecule is CCCC(CCC)NC(=O)c1ccc(CNc2c(Cl)ccc3c2CCNCC3)cc1F. The number of hydrogen-bond acceptors (Lipinski definition) is 3. The third-order valence-electron chi connectivity index (χ3n) is 5.84. The van der Waals surface area contributed by atoms with Crippen LogP contribution < -0.4 is 16.0 Å². The van der Waals surface area contributed by atoms with E-state index in [1.54, 1.807) is 12.1 Å². The van der Waals surface area contributed by atoms with Crippen molar-refractivity contribution in [2.75, 3.05) is 18.4 Å². The van der Waals surface area contributed by atoms with E-state index in [1.165, 1.54) is 17.2 Å². The lowest BCUT2D eigenvalue weighted by Crippen LogP contribution is -2.35. The Morgan fingerprint density at radius 3 is 2.58 bits per heavy atom. The Balaban J connectivity index is 1.69. The molecule has 168 valence electrons. The smallest absolute Gasteiger partial charge is 0.254 e. The van der Waals surface area contributed by atoms with E-state index < -0.39 is 5.82 Å². The first-order valence-electron chi connectivity index (χ1n) is 11.4. The van der Waals surface area contributed by atoms with E-state index in [0.29, 0.717) is 11.6 Å². The molecule has 0 saturated carbocycles. The lowest BCUT2D eigenvalue weighted by molar-refractivity contribution is 0.0928. The molecule has 0 fully saturated rings. The van der Waals surface area contributed by atoms with Crippen LogP contribution in [0, 0.1) is 5.82 Å². The van der Waals surface area contributed by atoms with Crippen molar-refractivity contribution >= 4 is 23.2 Å². The fraction of sp³-hybridized carbons (Fsp3) is 0.480. The van der Waals surface area contributed by atoms with E-state index in [9.17, 15) is 9.18 Å². The molecular formula is C25H33ClFN3O. The summed E-state index contributed by atoms with van der Waals surface area (Å²) >= 11 is 6.47. The monoisotopic (exact) mass is 445 g/mol. The van der Waals surface area contributed by atoms with Gasteiger partial charge in [-0.25, -0.2) is 4.39 Å². The Hall–Kier alpha value is -2.11. The first-order chi connectivity index (χ1) is 15.0. The molecule has 6 heteroatoms. The van der Waals surface area contributed by atoms with Crippen LogP contribution in [0.5, 0.6) is 0 Å². The van der Waals surface area contributed by atoms with Gasteiger partial charge in [-0.3, -0.25) is 4.79 Å². The lowest BCUT2D eigenvalue weighted by Gasteiger charge is -2.18. The van der Waals surface area contributed by atoms with Gasteiger partial charge in [0.25, 0.3) is 5.91 Å². The van der Waals surface area contributed by atoms with Gasteiger partial charge in [-0.2, -0.15) is 0 Å². The van der Waals surface area contributed by atoms with E-state index in [2.05, 4.69) is 35.9 Å². The molecule has 1 heterocycles. The number of halogens is 2. The van der Waals surface area contributed by atoms with Crippen LogP contribution >= 0.6 is 11.6 Å². The Morgan fingerprint density at radius 1 is 1.13 bits per heavy atom. The Kier molecular flexibility index (Phi) is 8.73. The van der Waals surface area contributed by atoms with Crippen LogP contribution in [0.15, 0.2) is 30.3 Å². The Labute approximate surface area is 190 Å². The Bertz CT molecular complexity index is 897. The quantitative estimate of drug-likeness (QED) is 0.479. The van der Waals surface area contributed by atoms with Crippen molar-refractivity contribution in [1.82, 2.24) is 10.6 Å². The maximum atomic E-state index is 14.7. The summed E-state index contributed by atoms with van der Waals surface area (Å²) < 4.78 is 14.7. The van der Waals surface area contributed by atoms with Crippen LogP contribution in [0.4, 0.5) is 10.1 Å². The minimum absolute atomic E-state index is 0.0909. The summed E-state index contributed by atoms with van der Waals surface area (Å²) in [6, 6.07) is 8.92. The van der Waals surface area contributed by atoms with Crippen molar-refractivity contribution in [3.63, 3.8) is 0 Å². The maximum absolute atomic E-state index is 14.7. The molecule has 3 N–H and O–H groups in total. The highest BCUT2D eigenvalue weighted by Gasteiger charge is 2.17. The minimum Gasteiger partial charge on any atom is -0.380 e. The van der Waals surface area contributed by atoms with E-state index >= 15 is 0 Å². The normalized spacial score (nSPS) is 13.6. The number of fused-ring (bicyclic) bond motifs is 1. The van der Waals surface area contributed by atoms with Gasteiger partial charge in [0.05, 0.1) is 16.3 Å². The van der Waals surface area contributed by atoms with Gasteiger partial charge in [0.2, 0.25) is 0 Å². The molecule has 1 aliphatic heterocycles. The van der Waals surface area contributed by atoms with Crippen LogP contribution in [-0.4, -0.2) is 25.0 Å². The number of rotatable bonds is 9. The van der Waals surface area contributed by atoms with Crippen molar-refractivity contribution in [2.24, 2.45) is 0 Å². The lowest BCUT2D eigenvalue weighted by atomic mass is 10.0. The standard InChI is InChI=1S/C25H33ClFN3O/c1-3-5-19(6-4-2)30-25(31)21-9-7-17(15-23(21)27)16-29-24-20-12-14-28-13-11-18(20)8-10-22(24)26/h7-10,15,19,28-29H,3-6,11-14,16H2,1-2H3,(H,30,31). The average Bonchev–Trinajstić information content (AvgIpc) is 2.99. The molecule has 0 radical (unpaired) electrons. The second kappa shape index (κ2) is 11.5. The van der Waals surface area contributed by atoms with Gasteiger partial charge >= 0.3 is 0 Å². The molecule has 0 spiro atoms. The highest BCUT2D eigenvalue weighted by atomic mass is 35.5. The second-order valence-electron chi connectivity index (χ2n) is 8.23. The number of hydrogen-bond donors (Lipinski definition) is 3. The molecule has 3 rings (SSSR count). The van der Waals surface area contributed by atoms with Gasteiger partial charge in [0.1, 0.15) is 5.82 Å². The van der Waals surface area contributed by atoms with Gasteiger partial charge in [-0.05, 0) is 73.7 Å². The highest BCUT2D eigenvalue weighted by molar-refractivity contribution is 6.33. The Morgan fingerprint density at radius 2 is 1.87 bits per heavy atom. The summed E-state index contributed by atoms with van der Waals surface area (Å²) in [6.07, 6.45) is 5.65. The topological polar surface area (TPSA) is 53.2 Å². The average molecular weight is 446 g/mol. The van der Waals surface area contributed by atoms with Gasteiger partial charge in [0.15, 0.2) is 0 Å². The number of anilines is 1. The van der Waals surface area contributed by atoms with Crippen LogP contribution in [0.2, 0.25) is 5.02 Å². The third kappa shape index (κ3) is 6.20. The largest absolute Gasteiger partial charge is 0.380 e. The predicted octanol–water partition coefficient (Wildman–Crippen LogP) is 5.48. The van der Waals surface area contributed by atoms with E-state index in [4.69, 9.17) is 11.6 Å². The fourth-order valence-electron chi connectivity index (χ4n) is 4.23. The summed E-state index contributed by atoms with van der Waals surface area (Å²) in [5, 5.41) is 10.5. The van der Waals surface area contributed by atoms with Crippen LogP contribution in [0.1, 0.15) is 66.6 Å². The molecule has 1 amide bonds. The van der Waals surface area contributed by atoms with Crippen molar-refractivity contribution < 1.29 is 9.18 Å². The zero-order chi connectivity index (χ0) is 22.2. The molecule has 0 aromatic heterocycles. The number of benzene rings is 2. The van der Waals surface area contributed by atoms with Crippen molar-refractivity contribution in [2.45, 2.75) is 65.0 Å². The summed E-state index contributed by atoms with van der Waals surface area (Å²) in [5.74, 6) is -0.835. The van der Waals surface area contributed by atoms with Gasteiger partial charge in [-0.15, -0.1) is 0 Å². The number of carbonyl (C=O) groups is 1. The first kappa shape index (κ1) is 23.6. The number of nitrogens with one attached hydrogen (secondary N) is 3. The molecule has 0 aliphatic carbocycles. The molecule has 0 atom stereocenters. The molecule has 2 aromatic rings. The summed E-state index contributed by atoms with van der Waals surface area (Å²) in [4.78, 5) is 12.6. The zero-order valence-corrected chi connectivity index (χ0v) is 19.2. The third-order valence-corrected chi connectivity index (χ3v) is 6.15. The zero-order valence-electron chi connectivity index (χ0n) is 18.5. The second-order valence-corrected chi connectivity index (χ2v) is 8.63. The van der Waals surface area contributed by atoms with Crippen molar-refractivity contribution in [3.05, 3.63) is 63.4 Å². The van der Waals surface area contributed by atoms with Gasteiger partial charge in [0, 0.05) is 12.6 Å². The predicted molar refractivity (Wildman–Crippen MR) is 127 cm³/mol. The molecule has 2 aromatic carbocycles. The number of amides is 1. The summed E-state index contributed by atoms with van der Waals surface area (Å²) in [5.41, 5.74) is 4.31. The van der Waals surface area contributed by atoms with Crippen LogP contribution in [0.25, 0.3) is 0 Å². The molecule has 0 bridgehead atoms. The molecule has 1 aliphatic rings. The molecule has 0 saturated heterocycles. The first-order valence-corrected chi connectivity index (χ1v) is 11.7. The van der Waals surface area contributed by atoms with Gasteiger partial charge in [-0.1, -0.05) is 50.4 Å². The van der Waals surface area contributed by atoms with Crippen molar-refractivity contribution in [1.29, 1.82) is 0 Å². The van der Waals surface area contributed by atoms with E-state index in [1.807, 2.05) is 6.07 Å². The van der Waals surface area contributed by atoms with E-state index in [-0.39, 0.29) is 17.5 Å². The minimum atomic E-state index is -0.495. The molecular weight excluding hydrogens is 413 g/mol. The summed E-state index contributed by atoms with van der Waals surface area (Å²) in [7, 11) is 0. The molecule has 4 nitrogen and oxygen atoms in total. The molecule has 0 unspecified atom stereocenters. The van der Waals surface area contributed by atoms with Crippen LogP contribution in [0.3, 0.4) is 0 Å². The van der Waals surface area contributed by atoms with E-state index in [0.717, 1.165) is 62.9 Å². The fourth-order valence-corrected chi connectivity index (χ4v) is 4.47. The maximum Gasteiger partial charge on any atom is 0.254 e. The summed E-state index contributed by atoms with van der Waals surface area (Å²) in [6.45, 7) is 6.49. The number of carbonyl (C=O) groups excluding carboxylic acids is 1. The highest BCUT2D eigenvalue weighted by Crippen LogP contribution is 2.31. The molecule has 31 heavy (non-hydrogen) atoms.